The standard InChI is InChI=1S/C23H16FN3O4/c24-20-11-16(12-25)7-10-19(20)22(28)27-26-13-18-3-1-2-4-21(18)31-14-15-5-8-17(9-6-15)23(29)30/h1-11,13H,14H2,(H,27,28)(H,29,30)/b26-13-. The number of carboxylic acids is 1. The van der Waals surface area contributed by atoms with Crippen molar-refractivity contribution in [2.24, 2.45) is 5.10 Å². The lowest BCUT2D eigenvalue weighted by Gasteiger charge is -2.09. The van der Waals surface area contributed by atoms with Crippen molar-refractivity contribution in [2.75, 3.05) is 0 Å². The van der Waals surface area contributed by atoms with E-state index in [1.807, 2.05) is 0 Å². The van der Waals surface area contributed by atoms with Crippen molar-refractivity contribution in [3.05, 3.63) is 100 Å². The molecule has 154 valence electrons. The number of hydrazone groups is 1. The summed E-state index contributed by atoms with van der Waals surface area (Å²) in [5.41, 5.74) is 3.66. The van der Waals surface area contributed by atoms with Crippen LogP contribution in [0.5, 0.6) is 5.75 Å². The van der Waals surface area contributed by atoms with E-state index in [-0.39, 0.29) is 23.3 Å². The van der Waals surface area contributed by atoms with Crippen molar-refractivity contribution in [3.63, 3.8) is 0 Å². The highest BCUT2D eigenvalue weighted by molar-refractivity contribution is 5.95. The molecule has 0 unspecified atom stereocenters. The zero-order valence-electron chi connectivity index (χ0n) is 16.1. The number of aromatic carboxylic acids is 1. The van der Waals surface area contributed by atoms with Crippen LogP contribution in [0.1, 0.15) is 37.4 Å². The Morgan fingerprint density at radius 3 is 2.55 bits per heavy atom. The molecule has 3 aromatic carbocycles. The van der Waals surface area contributed by atoms with Gasteiger partial charge in [0.05, 0.1) is 29.0 Å². The number of benzene rings is 3. The van der Waals surface area contributed by atoms with E-state index in [0.717, 1.165) is 11.6 Å². The quantitative estimate of drug-likeness (QED) is 0.449. The maximum absolute atomic E-state index is 13.9. The van der Waals surface area contributed by atoms with E-state index in [1.165, 1.54) is 30.5 Å². The molecule has 0 spiro atoms. The number of hydrogen-bond donors (Lipinski definition) is 2. The minimum atomic E-state index is -1.00. The summed E-state index contributed by atoms with van der Waals surface area (Å²) in [5, 5.41) is 21.5. The van der Waals surface area contributed by atoms with Gasteiger partial charge in [0.25, 0.3) is 5.91 Å². The van der Waals surface area contributed by atoms with Crippen molar-refractivity contribution in [1.82, 2.24) is 5.43 Å². The van der Waals surface area contributed by atoms with Crippen LogP contribution in [-0.2, 0) is 6.61 Å². The predicted octanol–water partition coefficient (Wildman–Crippen LogP) is 3.74. The van der Waals surface area contributed by atoms with Gasteiger partial charge in [0.2, 0.25) is 0 Å². The fourth-order valence-electron chi connectivity index (χ4n) is 2.61. The molecule has 0 aliphatic heterocycles. The molecule has 7 nitrogen and oxygen atoms in total. The minimum absolute atomic E-state index is 0.112. The Kier molecular flexibility index (Phi) is 6.71. The van der Waals surface area contributed by atoms with Crippen LogP contribution in [0.3, 0.4) is 0 Å². The number of carboxylic acid groups (broad SMARTS) is 1. The molecule has 0 fully saturated rings. The molecule has 0 aliphatic carbocycles. The summed E-state index contributed by atoms with van der Waals surface area (Å²) in [6.45, 7) is 0.202. The third-order valence-corrected chi connectivity index (χ3v) is 4.23. The van der Waals surface area contributed by atoms with Crippen molar-refractivity contribution in [3.8, 4) is 11.8 Å². The number of nitrogens with zero attached hydrogens (tertiary/aromatic N) is 2. The monoisotopic (exact) mass is 417 g/mol. The number of ether oxygens (including phenoxy) is 1. The minimum Gasteiger partial charge on any atom is -0.488 e. The molecule has 2 N–H and O–H groups in total. The molecule has 0 bridgehead atoms. The van der Waals surface area contributed by atoms with Gasteiger partial charge in [0.15, 0.2) is 0 Å². The van der Waals surface area contributed by atoms with E-state index < -0.39 is 17.7 Å². The molecule has 0 heterocycles. The first-order valence-corrected chi connectivity index (χ1v) is 9.05. The normalized spacial score (nSPS) is 10.5. The van der Waals surface area contributed by atoms with Gasteiger partial charge in [-0.2, -0.15) is 10.4 Å². The van der Waals surface area contributed by atoms with E-state index in [9.17, 15) is 14.0 Å². The Balaban J connectivity index is 1.64. The van der Waals surface area contributed by atoms with Crippen molar-refractivity contribution >= 4 is 18.1 Å². The van der Waals surface area contributed by atoms with E-state index in [4.69, 9.17) is 15.1 Å². The molecule has 0 saturated carbocycles. The van der Waals surface area contributed by atoms with Gasteiger partial charge in [-0.25, -0.2) is 14.6 Å². The molecule has 0 radical (unpaired) electrons. The summed E-state index contributed by atoms with van der Waals surface area (Å²) in [7, 11) is 0. The SMILES string of the molecule is N#Cc1ccc(C(=O)N/N=C\c2ccccc2OCc2ccc(C(=O)O)cc2)c(F)c1. The topological polar surface area (TPSA) is 112 Å². The van der Waals surface area contributed by atoms with Gasteiger partial charge in [-0.1, -0.05) is 24.3 Å². The molecule has 0 aliphatic rings. The maximum atomic E-state index is 13.9. The zero-order valence-corrected chi connectivity index (χ0v) is 16.1. The van der Waals surface area contributed by atoms with Crippen LogP contribution in [0.15, 0.2) is 71.8 Å². The second kappa shape index (κ2) is 9.80. The molecular weight excluding hydrogens is 401 g/mol. The summed E-state index contributed by atoms with van der Waals surface area (Å²) in [4.78, 5) is 23.0. The summed E-state index contributed by atoms with van der Waals surface area (Å²) in [5.74, 6) is -2.08. The second-order valence-corrected chi connectivity index (χ2v) is 6.33. The highest BCUT2D eigenvalue weighted by Gasteiger charge is 2.11. The van der Waals surface area contributed by atoms with E-state index in [0.29, 0.717) is 11.3 Å². The lowest BCUT2D eigenvalue weighted by atomic mass is 10.1. The van der Waals surface area contributed by atoms with E-state index in [2.05, 4.69) is 10.5 Å². The predicted molar refractivity (Wildman–Crippen MR) is 110 cm³/mol. The van der Waals surface area contributed by atoms with Crippen LogP contribution in [0.25, 0.3) is 0 Å². The van der Waals surface area contributed by atoms with E-state index >= 15 is 0 Å². The molecule has 0 atom stereocenters. The Labute approximate surface area is 177 Å². The highest BCUT2D eigenvalue weighted by atomic mass is 19.1. The van der Waals surface area contributed by atoms with Crippen LogP contribution in [-0.4, -0.2) is 23.2 Å². The Morgan fingerprint density at radius 2 is 1.87 bits per heavy atom. The highest BCUT2D eigenvalue weighted by Crippen LogP contribution is 2.18. The summed E-state index contributed by atoms with van der Waals surface area (Å²) >= 11 is 0. The number of nitrogens with one attached hydrogen (secondary N) is 1. The first-order chi connectivity index (χ1) is 15.0. The largest absolute Gasteiger partial charge is 0.488 e. The van der Waals surface area contributed by atoms with Crippen LogP contribution in [0, 0.1) is 17.1 Å². The summed E-state index contributed by atoms with van der Waals surface area (Å²) in [6, 6.07) is 18.6. The Bertz CT molecular complexity index is 1180. The third kappa shape index (κ3) is 5.52. The maximum Gasteiger partial charge on any atom is 0.335 e. The van der Waals surface area contributed by atoms with Crippen molar-refractivity contribution < 1.29 is 23.8 Å². The number of amides is 1. The van der Waals surface area contributed by atoms with Gasteiger partial charge >= 0.3 is 5.97 Å². The molecule has 0 aromatic heterocycles. The van der Waals surface area contributed by atoms with Crippen LogP contribution in [0.4, 0.5) is 4.39 Å². The number of carbonyl (C=O) groups is 2. The van der Waals surface area contributed by atoms with Crippen molar-refractivity contribution in [1.29, 1.82) is 5.26 Å². The number of rotatable bonds is 7. The number of halogens is 1. The smallest absolute Gasteiger partial charge is 0.335 e. The Morgan fingerprint density at radius 1 is 1.13 bits per heavy atom. The summed E-state index contributed by atoms with van der Waals surface area (Å²) in [6.07, 6.45) is 1.36. The van der Waals surface area contributed by atoms with Gasteiger partial charge in [0.1, 0.15) is 18.2 Å². The van der Waals surface area contributed by atoms with Crippen LogP contribution >= 0.6 is 0 Å². The molecule has 0 saturated heterocycles. The van der Waals surface area contributed by atoms with Crippen molar-refractivity contribution in [2.45, 2.75) is 6.61 Å². The lowest BCUT2D eigenvalue weighted by Crippen LogP contribution is -2.19. The van der Waals surface area contributed by atoms with Gasteiger partial charge < -0.3 is 9.84 Å². The first kappa shape index (κ1) is 21.2. The second-order valence-electron chi connectivity index (χ2n) is 6.33. The Hall–Kier alpha value is -4.51. The molecule has 3 rings (SSSR count). The molecule has 31 heavy (non-hydrogen) atoms. The molecule has 8 heteroatoms. The molecular formula is C23H16FN3O4. The summed E-state index contributed by atoms with van der Waals surface area (Å²) < 4.78 is 19.7. The van der Waals surface area contributed by atoms with Gasteiger partial charge in [-0.15, -0.1) is 0 Å². The van der Waals surface area contributed by atoms with Crippen LogP contribution in [0.2, 0.25) is 0 Å². The number of para-hydroxylation sites is 1. The fraction of sp³-hybridized carbons (Fsp3) is 0.0435. The zero-order chi connectivity index (χ0) is 22.2. The third-order valence-electron chi connectivity index (χ3n) is 4.23. The average molecular weight is 417 g/mol. The van der Waals surface area contributed by atoms with Gasteiger partial charge in [0, 0.05) is 5.56 Å². The molecule has 1 amide bonds. The number of nitriles is 1. The number of hydrogen-bond acceptors (Lipinski definition) is 5. The van der Waals surface area contributed by atoms with Crippen LogP contribution < -0.4 is 10.2 Å². The number of carbonyl (C=O) groups excluding carboxylic acids is 1. The van der Waals surface area contributed by atoms with Gasteiger partial charge in [-0.3, -0.25) is 4.79 Å². The average Bonchev–Trinajstić information content (AvgIpc) is 2.78. The van der Waals surface area contributed by atoms with Gasteiger partial charge in [-0.05, 0) is 48.0 Å². The first-order valence-electron chi connectivity index (χ1n) is 9.05. The lowest BCUT2D eigenvalue weighted by molar-refractivity contribution is 0.0696. The fourth-order valence-corrected chi connectivity index (χ4v) is 2.61. The molecule has 3 aromatic rings. The van der Waals surface area contributed by atoms with E-state index in [1.54, 1.807) is 42.5 Å².